The smallest absolute Gasteiger partial charge is 0.160 e. The van der Waals surface area contributed by atoms with Gasteiger partial charge in [0, 0.05) is 20.5 Å². The summed E-state index contributed by atoms with van der Waals surface area (Å²) in [6.07, 6.45) is 0.876. The molecule has 0 aliphatic rings. The highest BCUT2D eigenvalue weighted by atomic mass is 35.5. The van der Waals surface area contributed by atoms with Crippen molar-refractivity contribution in [2.75, 3.05) is 0 Å². The molecule has 0 saturated carbocycles. The van der Waals surface area contributed by atoms with Crippen LogP contribution in [-0.4, -0.2) is 16.1 Å². The third kappa shape index (κ3) is 3.76. The molecule has 3 nitrogen and oxygen atoms in total. The summed E-state index contributed by atoms with van der Waals surface area (Å²) in [6, 6.07) is 21.4. The van der Waals surface area contributed by atoms with Gasteiger partial charge in [0.05, 0.1) is 22.3 Å². The topological polar surface area (TPSA) is 34.9 Å². The molecule has 0 aliphatic heterocycles. The van der Waals surface area contributed by atoms with Gasteiger partial charge in [-0.15, -0.1) is 11.3 Å². The Kier molecular flexibility index (Phi) is 5.36. The van der Waals surface area contributed by atoms with Gasteiger partial charge in [-0.2, -0.15) is 5.10 Å². The molecule has 28 heavy (non-hydrogen) atoms. The summed E-state index contributed by atoms with van der Waals surface area (Å²) in [5, 5.41) is 6.01. The Hall–Kier alpha value is -2.40. The monoisotopic (exact) mass is 426 g/mol. The summed E-state index contributed by atoms with van der Waals surface area (Å²) in [6.45, 7) is 2.08. The van der Waals surface area contributed by atoms with E-state index in [1.807, 2.05) is 53.2 Å². The molecule has 2 aromatic heterocycles. The number of rotatable bonds is 5. The Bertz CT molecular complexity index is 1110. The van der Waals surface area contributed by atoms with Crippen molar-refractivity contribution in [1.29, 1.82) is 0 Å². The summed E-state index contributed by atoms with van der Waals surface area (Å²) < 4.78 is 1.99. The maximum atomic E-state index is 11.1. The molecule has 4 rings (SSSR count). The van der Waals surface area contributed by atoms with Crippen molar-refractivity contribution in [3.8, 4) is 22.5 Å². The molecule has 140 valence electrons. The van der Waals surface area contributed by atoms with E-state index in [1.54, 1.807) is 6.07 Å². The molecule has 1 atom stereocenters. The molecule has 0 fully saturated rings. The molecule has 0 bridgehead atoms. The van der Waals surface area contributed by atoms with Crippen LogP contribution in [0, 0.1) is 0 Å². The highest BCUT2D eigenvalue weighted by Gasteiger charge is 2.19. The van der Waals surface area contributed by atoms with Crippen LogP contribution in [0.2, 0.25) is 10.0 Å². The van der Waals surface area contributed by atoms with Crippen LogP contribution in [0.5, 0.6) is 0 Å². The number of carbonyl (C=O) groups is 1. The van der Waals surface area contributed by atoms with Gasteiger partial charge in [-0.1, -0.05) is 53.5 Å². The molecule has 0 amide bonds. The fraction of sp³-hybridized carbons (Fsp3) is 0.0909. The molecule has 2 aromatic carbocycles. The SMILES string of the molecule is CC(c1ccc(C=O)s1)n1nc(-c2cc(Cl)cc(Cl)c2)cc1-c1ccccc1. The van der Waals surface area contributed by atoms with Crippen LogP contribution in [-0.2, 0) is 0 Å². The molecule has 0 radical (unpaired) electrons. The second-order valence-electron chi connectivity index (χ2n) is 6.42. The first-order valence-corrected chi connectivity index (χ1v) is 10.3. The molecule has 0 spiro atoms. The fourth-order valence-corrected chi connectivity index (χ4v) is 4.52. The van der Waals surface area contributed by atoms with Crippen molar-refractivity contribution in [3.05, 3.63) is 86.5 Å². The summed E-state index contributed by atoms with van der Waals surface area (Å²) in [5.41, 5.74) is 3.70. The zero-order chi connectivity index (χ0) is 19.7. The van der Waals surface area contributed by atoms with Crippen molar-refractivity contribution in [2.24, 2.45) is 0 Å². The number of hydrogen-bond acceptors (Lipinski definition) is 3. The molecule has 0 saturated heterocycles. The number of halogens is 2. The molecule has 2 heterocycles. The fourth-order valence-electron chi connectivity index (χ4n) is 3.13. The average Bonchev–Trinajstić information content (AvgIpc) is 3.35. The lowest BCUT2D eigenvalue weighted by Gasteiger charge is -2.14. The summed E-state index contributed by atoms with van der Waals surface area (Å²) >= 11 is 13.9. The predicted molar refractivity (Wildman–Crippen MR) is 117 cm³/mol. The van der Waals surface area contributed by atoms with Crippen LogP contribution in [0.15, 0.2) is 66.7 Å². The summed E-state index contributed by atoms with van der Waals surface area (Å²) in [7, 11) is 0. The van der Waals surface area contributed by atoms with Crippen molar-refractivity contribution >= 4 is 40.8 Å². The highest BCUT2D eigenvalue weighted by Crippen LogP contribution is 2.34. The molecule has 0 N–H and O–H groups in total. The lowest BCUT2D eigenvalue weighted by atomic mass is 10.1. The Morgan fingerprint density at radius 3 is 2.32 bits per heavy atom. The van der Waals surface area contributed by atoms with Gasteiger partial charge in [-0.05, 0) is 48.9 Å². The molecular formula is C22H16Cl2N2OS. The van der Waals surface area contributed by atoms with Crippen LogP contribution in [0.3, 0.4) is 0 Å². The number of benzene rings is 2. The maximum Gasteiger partial charge on any atom is 0.160 e. The third-order valence-electron chi connectivity index (χ3n) is 4.51. The quantitative estimate of drug-likeness (QED) is 0.321. The van der Waals surface area contributed by atoms with Gasteiger partial charge in [0.1, 0.15) is 0 Å². The minimum Gasteiger partial charge on any atom is -0.297 e. The number of aldehydes is 1. The molecular weight excluding hydrogens is 411 g/mol. The minimum absolute atomic E-state index is 0.0303. The first kappa shape index (κ1) is 18.9. The highest BCUT2D eigenvalue weighted by molar-refractivity contribution is 7.13. The van der Waals surface area contributed by atoms with Crippen LogP contribution in [0.1, 0.15) is 27.5 Å². The predicted octanol–water partition coefficient (Wildman–Crippen LogP) is 7.01. The molecule has 0 aliphatic carbocycles. The number of aromatic nitrogens is 2. The van der Waals surface area contributed by atoms with E-state index in [4.69, 9.17) is 28.3 Å². The van der Waals surface area contributed by atoms with Gasteiger partial charge >= 0.3 is 0 Å². The van der Waals surface area contributed by atoms with E-state index < -0.39 is 0 Å². The van der Waals surface area contributed by atoms with Gasteiger partial charge in [-0.25, -0.2) is 0 Å². The largest absolute Gasteiger partial charge is 0.297 e. The van der Waals surface area contributed by atoms with Crippen LogP contribution in [0.4, 0.5) is 0 Å². The Labute approximate surface area is 177 Å². The van der Waals surface area contributed by atoms with Gasteiger partial charge in [0.25, 0.3) is 0 Å². The standard InChI is InChI=1S/C22H16Cl2N2OS/c1-14(22-8-7-19(13-27)28-22)26-21(15-5-3-2-4-6-15)12-20(25-26)16-9-17(23)11-18(24)10-16/h2-14H,1H3. The van der Waals surface area contributed by atoms with Crippen molar-refractivity contribution < 1.29 is 4.79 Å². The first-order chi connectivity index (χ1) is 13.5. The van der Waals surface area contributed by atoms with E-state index >= 15 is 0 Å². The van der Waals surface area contributed by atoms with E-state index in [0.29, 0.717) is 14.9 Å². The Morgan fingerprint density at radius 1 is 0.964 bits per heavy atom. The van der Waals surface area contributed by atoms with Crippen LogP contribution < -0.4 is 0 Å². The van der Waals surface area contributed by atoms with Crippen LogP contribution in [0.25, 0.3) is 22.5 Å². The van der Waals surface area contributed by atoms with E-state index in [9.17, 15) is 4.79 Å². The second-order valence-corrected chi connectivity index (χ2v) is 8.44. The molecule has 4 aromatic rings. The number of carbonyl (C=O) groups excluding carboxylic acids is 1. The molecule has 1 unspecified atom stereocenters. The zero-order valence-electron chi connectivity index (χ0n) is 15.0. The third-order valence-corrected chi connectivity index (χ3v) is 6.12. The van der Waals surface area contributed by atoms with E-state index in [1.165, 1.54) is 11.3 Å². The maximum absolute atomic E-state index is 11.1. The second kappa shape index (κ2) is 7.92. The Morgan fingerprint density at radius 2 is 1.68 bits per heavy atom. The van der Waals surface area contributed by atoms with E-state index in [-0.39, 0.29) is 6.04 Å². The van der Waals surface area contributed by atoms with Crippen molar-refractivity contribution in [1.82, 2.24) is 9.78 Å². The van der Waals surface area contributed by atoms with E-state index in [0.717, 1.165) is 33.7 Å². The zero-order valence-corrected chi connectivity index (χ0v) is 17.3. The average molecular weight is 427 g/mol. The molecule has 6 heteroatoms. The van der Waals surface area contributed by atoms with Gasteiger partial charge < -0.3 is 0 Å². The number of nitrogens with zero attached hydrogens (tertiary/aromatic N) is 2. The van der Waals surface area contributed by atoms with Crippen molar-refractivity contribution in [2.45, 2.75) is 13.0 Å². The van der Waals surface area contributed by atoms with Crippen molar-refractivity contribution in [3.63, 3.8) is 0 Å². The van der Waals surface area contributed by atoms with Gasteiger partial charge in [0.2, 0.25) is 0 Å². The number of hydrogen-bond donors (Lipinski definition) is 0. The summed E-state index contributed by atoms with van der Waals surface area (Å²) in [5.74, 6) is 0. The Balaban J connectivity index is 1.86. The minimum atomic E-state index is -0.0303. The van der Waals surface area contributed by atoms with Crippen LogP contribution >= 0.6 is 34.5 Å². The van der Waals surface area contributed by atoms with Gasteiger partial charge in [-0.3, -0.25) is 9.48 Å². The lowest BCUT2D eigenvalue weighted by molar-refractivity contribution is 0.112. The number of thiophene rings is 1. The lowest BCUT2D eigenvalue weighted by Crippen LogP contribution is -2.08. The van der Waals surface area contributed by atoms with E-state index in [2.05, 4.69) is 19.1 Å². The summed E-state index contributed by atoms with van der Waals surface area (Å²) in [4.78, 5) is 12.9. The normalized spacial score (nSPS) is 12.1. The first-order valence-electron chi connectivity index (χ1n) is 8.71. The van der Waals surface area contributed by atoms with Gasteiger partial charge in [0.15, 0.2) is 6.29 Å².